The maximum absolute atomic E-state index is 13.4. The Morgan fingerprint density at radius 1 is 0.886 bits per heavy atom. The molecule has 4 atom stereocenters. The van der Waals surface area contributed by atoms with Crippen molar-refractivity contribution in [2.75, 3.05) is 13.7 Å². The number of rotatable bonds is 7. The number of methoxy groups -OCH3 is 1. The number of amides is 2. The lowest BCUT2D eigenvalue weighted by molar-refractivity contribution is -0.146. The van der Waals surface area contributed by atoms with Crippen molar-refractivity contribution in [2.45, 2.75) is 128 Å². The van der Waals surface area contributed by atoms with E-state index in [0.29, 0.717) is 17.2 Å². The van der Waals surface area contributed by atoms with E-state index in [2.05, 4.69) is 10.6 Å². The smallest absolute Gasteiger partial charge is 0.338 e. The molecule has 1 heterocycles. The molecule has 35 heavy (non-hydrogen) atoms. The van der Waals surface area contributed by atoms with E-state index in [1.165, 1.54) is 51.4 Å². The summed E-state index contributed by atoms with van der Waals surface area (Å²) in [6, 6.07) is -0.610. The van der Waals surface area contributed by atoms with Gasteiger partial charge in [-0.15, -0.1) is 0 Å². The topological polar surface area (TPSA) is 85.9 Å². The van der Waals surface area contributed by atoms with Gasteiger partial charge in [0.2, 0.25) is 0 Å². The van der Waals surface area contributed by atoms with E-state index in [9.17, 15) is 9.59 Å². The highest BCUT2D eigenvalue weighted by Gasteiger charge is 2.42. The second kappa shape index (κ2) is 13.1. The Morgan fingerprint density at radius 2 is 1.54 bits per heavy atom. The fraction of sp³-hybridized carbons (Fsp3) is 0.857. The lowest BCUT2D eigenvalue weighted by Crippen LogP contribution is -2.55. The average molecular weight is 491 g/mol. The van der Waals surface area contributed by atoms with Crippen LogP contribution in [0.2, 0.25) is 0 Å². The number of hydrogen-bond acceptors (Lipinski definition) is 5. The zero-order valence-corrected chi connectivity index (χ0v) is 21.8. The van der Waals surface area contributed by atoms with Crippen molar-refractivity contribution in [3.63, 3.8) is 0 Å². The van der Waals surface area contributed by atoms with Crippen LogP contribution in [0.3, 0.4) is 0 Å². The Hall–Kier alpha value is -1.60. The summed E-state index contributed by atoms with van der Waals surface area (Å²) in [6.07, 6.45) is 16.8. The van der Waals surface area contributed by atoms with Crippen molar-refractivity contribution >= 4 is 12.0 Å². The predicted molar refractivity (Wildman–Crippen MR) is 135 cm³/mol. The van der Waals surface area contributed by atoms with E-state index in [-0.39, 0.29) is 42.3 Å². The first-order valence-corrected chi connectivity index (χ1v) is 14.2. The third-order valence-electron chi connectivity index (χ3n) is 8.67. The molecule has 2 amide bonds. The summed E-state index contributed by atoms with van der Waals surface area (Å²) in [5.74, 6) is 0.494. The van der Waals surface area contributed by atoms with Crippen LogP contribution in [-0.2, 0) is 19.0 Å². The molecular formula is C28H46N2O5. The molecular weight excluding hydrogens is 444 g/mol. The van der Waals surface area contributed by atoms with Gasteiger partial charge < -0.3 is 24.8 Å². The van der Waals surface area contributed by atoms with Gasteiger partial charge in [0, 0.05) is 19.4 Å². The van der Waals surface area contributed by atoms with Gasteiger partial charge in [-0.3, -0.25) is 0 Å². The first-order valence-electron chi connectivity index (χ1n) is 14.2. The number of carbonyl (C=O) groups is 2. The molecule has 7 heteroatoms. The molecule has 0 aromatic heterocycles. The van der Waals surface area contributed by atoms with E-state index >= 15 is 0 Å². The second-order valence-electron chi connectivity index (χ2n) is 11.2. The molecule has 4 aliphatic rings. The van der Waals surface area contributed by atoms with Gasteiger partial charge in [0.05, 0.1) is 23.8 Å². The Morgan fingerprint density at radius 3 is 2.26 bits per heavy atom. The van der Waals surface area contributed by atoms with E-state index in [0.717, 1.165) is 51.6 Å². The molecule has 3 fully saturated rings. The van der Waals surface area contributed by atoms with Crippen LogP contribution in [0.25, 0.3) is 0 Å². The predicted octanol–water partition coefficient (Wildman–Crippen LogP) is 5.38. The summed E-state index contributed by atoms with van der Waals surface area (Å²) in [5, 5.41) is 5.85. The Kier molecular flexibility index (Phi) is 9.90. The Labute approximate surface area is 211 Å². The summed E-state index contributed by atoms with van der Waals surface area (Å²) < 4.78 is 18.3. The molecule has 198 valence electrons. The van der Waals surface area contributed by atoms with Gasteiger partial charge in [-0.2, -0.15) is 0 Å². The van der Waals surface area contributed by atoms with Crippen LogP contribution in [0, 0.1) is 11.8 Å². The highest BCUT2D eigenvalue weighted by molar-refractivity contribution is 5.94. The largest absolute Gasteiger partial charge is 0.459 e. The molecule has 0 bridgehead atoms. The van der Waals surface area contributed by atoms with Gasteiger partial charge in [0.25, 0.3) is 0 Å². The summed E-state index contributed by atoms with van der Waals surface area (Å²) in [4.78, 5) is 25.8. The van der Waals surface area contributed by atoms with Gasteiger partial charge in [0.1, 0.15) is 6.10 Å². The number of nitrogens with one attached hydrogen (secondary N) is 2. The summed E-state index contributed by atoms with van der Waals surface area (Å²) in [6.45, 7) is 2.63. The van der Waals surface area contributed by atoms with Crippen molar-refractivity contribution < 1.29 is 23.8 Å². The van der Waals surface area contributed by atoms with Gasteiger partial charge in [0.15, 0.2) is 0 Å². The number of hydrogen-bond donors (Lipinski definition) is 2. The third-order valence-corrected chi connectivity index (χ3v) is 8.67. The van der Waals surface area contributed by atoms with E-state index in [1.807, 2.05) is 6.92 Å². The van der Waals surface area contributed by atoms with Crippen molar-refractivity contribution in [3.05, 3.63) is 11.3 Å². The summed E-state index contributed by atoms with van der Waals surface area (Å²) in [7, 11) is 1.75. The van der Waals surface area contributed by atoms with Crippen molar-refractivity contribution in [3.8, 4) is 0 Å². The standard InChI is InChI=1S/C28H46N2O5/c1-19-25(27(31)35-22-13-9-4-3-5-10-14-22)26(30-28(32)29-19)21-15-16-23(24(17-21)33-2)34-18-20-11-7-6-8-12-20/h20-24,26H,3-18H2,1-2H3,(H2,29,30,32). The molecule has 1 aliphatic heterocycles. The average Bonchev–Trinajstić information content (AvgIpc) is 2.84. The van der Waals surface area contributed by atoms with Crippen molar-refractivity contribution in [2.24, 2.45) is 11.8 Å². The van der Waals surface area contributed by atoms with Crippen LogP contribution in [0.1, 0.15) is 103 Å². The highest BCUT2D eigenvalue weighted by atomic mass is 16.5. The van der Waals surface area contributed by atoms with Gasteiger partial charge in [-0.05, 0) is 76.5 Å². The molecule has 4 rings (SSSR count). The number of carbonyl (C=O) groups excluding carboxylic acids is 2. The lowest BCUT2D eigenvalue weighted by atomic mass is 9.77. The first kappa shape index (κ1) is 26.5. The number of ether oxygens (including phenoxy) is 3. The van der Waals surface area contributed by atoms with Crippen LogP contribution < -0.4 is 10.6 Å². The first-order chi connectivity index (χ1) is 17.0. The maximum Gasteiger partial charge on any atom is 0.338 e. The SMILES string of the molecule is COC1CC(C2NC(=O)NC(C)=C2C(=O)OC2CCCCCCC2)CCC1OCC1CCCCC1. The second-order valence-corrected chi connectivity index (χ2v) is 11.2. The summed E-state index contributed by atoms with van der Waals surface area (Å²) in [5.41, 5.74) is 1.19. The van der Waals surface area contributed by atoms with Crippen LogP contribution in [0.15, 0.2) is 11.3 Å². The van der Waals surface area contributed by atoms with E-state index in [1.54, 1.807) is 7.11 Å². The zero-order valence-electron chi connectivity index (χ0n) is 21.8. The molecule has 2 N–H and O–H groups in total. The Balaban J connectivity index is 1.39. The molecule has 0 saturated heterocycles. The maximum atomic E-state index is 13.4. The van der Waals surface area contributed by atoms with E-state index < -0.39 is 0 Å². The monoisotopic (exact) mass is 490 g/mol. The van der Waals surface area contributed by atoms with Crippen molar-refractivity contribution in [1.82, 2.24) is 10.6 Å². The zero-order chi connectivity index (χ0) is 24.6. The minimum atomic E-state index is -0.359. The third kappa shape index (κ3) is 7.22. The van der Waals surface area contributed by atoms with Gasteiger partial charge >= 0.3 is 12.0 Å². The van der Waals surface area contributed by atoms with Crippen LogP contribution >= 0.6 is 0 Å². The van der Waals surface area contributed by atoms with Gasteiger partial charge in [-0.1, -0.05) is 38.5 Å². The van der Waals surface area contributed by atoms with Crippen LogP contribution in [0.5, 0.6) is 0 Å². The van der Waals surface area contributed by atoms with Crippen molar-refractivity contribution in [1.29, 1.82) is 0 Å². The number of esters is 1. The normalized spacial score (nSPS) is 31.8. The number of allylic oxidation sites excluding steroid dienone is 1. The quantitative estimate of drug-likeness (QED) is 0.468. The minimum Gasteiger partial charge on any atom is -0.459 e. The van der Waals surface area contributed by atoms with Crippen LogP contribution in [0.4, 0.5) is 4.79 Å². The molecule has 3 aliphatic carbocycles. The molecule has 0 radical (unpaired) electrons. The molecule has 0 aromatic carbocycles. The number of urea groups is 1. The van der Waals surface area contributed by atoms with Crippen LogP contribution in [-0.4, -0.2) is 50.1 Å². The lowest BCUT2D eigenvalue weighted by Gasteiger charge is -2.41. The summed E-state index contributed by atoms with van der Waals surface area (Å²) >= 11 is 0. The highest BCUT2D eigenvalue weighted by Crippen LogP contribution is 2.36. The fourth-order valence-electron chi connectivity index (χ4n) is 6.59. The molecule has 0 aromatic rings. The molecule has 3 saturated carbocycles. The molecule has 0 spiro atoms. The fourth-order valence-corrected chi connectivity index (χ4v) is 6.59. The molecule has 4 unspecified atom stereocenters. The minimum absolute atomic E-state index is 0.0305. The molecule has 7 nitrogen and oxygen atoms in total. The van der Waals surface area contributed by atoms with Gasteiger partial charge in [-0.25, -0.2) is 9.59 Å². The van der Waals surface area contributed by atoms with E-state index in [4.69, 9.17) is 14.2 Å². The Bertz CT molecular complexity index is 740.